The number of thiophene rings is 1. The lowest BCUT2D eigenvalue weighted by Gasteiger charge is -2.15. The average molecular weight is 393 g/mol. The summed E-state index contributed by atoms with van der Waals surface area (Å²) in [4.78, 5) is 1.18. The molecule has 0 saturated carbocycles. The van der Waals surface area contributed by atoms with Crippen LogP contribution in [0.2, 0.25) is 0 Å². The van der Waals surface area contributed by atoms with Gasteiger partial charge in [0.15, 0.2) is 0 Å². The van der Waals surface area contributed by atoms with Gasteiger partial charge in [-0.15, -0.1) is 11.3 Å². The predicted molar refractivity (Wildman–Crippen MR) is 81.8 cm³/mol. The Labute approximate surface area is 127 Å². The molecule has 1 heterocycles. The molecule has 2 aromatic rings. The Balaban J connectivity index is 2.41. The van der Waals surface area contributed by atoms with Gasteiger partial charge in [-0.05, 0) is 69.1 Å². The number of rotatable bonds is 3. The second kappa shape index (κ2) is 5.82. The van der Waals surface area contributed by atoms with E-state index in [9.17, 15) is 4.39 Å². The van der Waals surface area contributed by atoms with E-state index in [2.05, 4.69) is 43.2 Å². The molecule has 0 radical (unpaired) electrons. The largest absolute Gasteiger partial charge is 0.309 e. The van der Waals surface area contributed by atoms with Crippen LogP contribution in [0.3, 0.4) is 0 Å². The first-order valence-corrected chi connectivity index (χ1v) is 7.81. The van der Waals surface area contributed by atoms with Crippen molar-refractivity contribution >= 4 is 43.2 Å². The van der Waals surface area contributed by atoms with Gasteiger partial charge in [0.05, 0.1) is 9.83 Å². The molecule has 0 spiro atoms. The summed E-state index contributed by atoms with van der Waals surface area (Å²) in [7, 11) is 1.91. The maximum absolute atomic E-state index is 13.3. The Morgan fingerprint density at radius 3 is 2.50 bits per heavy atom. The van der Waals surface area contributed by atoms with Crippen LogP contribution in [0.5, 0.6) is 0 Å². The normalized spacial score (nSPS) is 12.7. The monoisotopic (exact) mass is 391 g/mol. The Morgan fingerprint density at radius 2 is 2.00 bits per heavy atom. The molecule has 0 bridgehead atoms. The van der Waals surface area contributed by atoms with Gasteiger partial charge in [-0.25, -0.2) is 4.39 Å². The van der Waals surface area contributed by atoms with E-state index in [0.717, 1.165) is 13.8 Å². The highest BCUT2D eigenvalue weighted by atomic mass is 79.9. The molecule has 1 aromatic carbocycles. The van der Waals surface area contributed by atoms with E-state index in [0.29, 0.717) is 5.56 Å². The first-order chi connectivity index (χ1) is 8.52. The van der Waals surface area contributed by atoms with Crippen molar-refractivity contribution in [1.29, 1.82) is 0 Å². The first kappa shape index (κ1) is 14.2. The molecule has 5 heteroatoms. The highest BCUT2D eigenvalue weighted by molar-refractivity contribution is 9.13. The maximum atomic E-state index is 13.3. The van der Waals surface area contributed by atoms with Crippen LogP contribution in [-0.2, 0) is 0 Å². The molecule has 2 rings (SSSR count). The minimum Gasteiger partial charge on any atom is -0.309 e. The molecule has 0 saturated heterocycles. The Kier molecular flexibility index (Phi) is 4.59. The number of benzene rings is 1. The number of hydrogen-bond donors (Lipinski definition) is 1. The van der Waals surface area contributed by atoms with Crippen LogP contribution in [-0.4, -0.2) is 7.05 Å². The summed E-state index contributed by atoms with van der Waals surface area (Å²) in [6.45, 7) is 1.78. The van der Waals surface area contributed by atoms with Crippen molar-refractivity contribution in [3.8, 4) is 0 Å². The lowest BCUT2D eigenvalue weighted by molar-refractivity contribution is 0.614. The minimum absolute atomic E-state index is 0.0805. The molecule has 1 nitrogen and oxygen atoms in total. The summed E-state index contributed by atoms with van der Waals surface area (Å²) in [5.41, 5.74) is 1.74. The summed E-state index contributed by atoms with van der Waals surface area (Å²) in [6.07, 6.45) is 0. The van der Waals surface area contributed by atoms with Gasteiger partial charge < -0.3 is 5.32 Å². The third-order valence-electron chi connectivity index (χ3n) is 2.75. The van der Waals surface area contributed by atoms with Crippen LogP contribution < -0.4 is 5.32 Å². The fraction of sp³-hybridized carbons (Fsp3) is 0.231. The molecule has 1 unspecified atom stereocenters. The molecule has 1 N–H and O–H groups in total. The number of hydrogen-bond acceptors (Lipinski definition) is 2. The average Bonchev–Trinajstić information content (AvgIpc) is 2.65. The zero-order chi connectivity index (χ0) is 13.3. The summed E-state index contributed by atoms with van der Waals surface area (Å²) < 4.78 is 15.4. The van der Waals surface area contributed by atoms with Gasteiger partial charge in [0.1, 0.15) is 5.82 Å². The van der Waals surface area contributed by atoms with Crippen molar-refractivity contribution in [3.05, 3.63) is 54.3 Å². The predicted octanol–water partition coefficient (Wildman–Crippen LogP) is 5.03. The summed E-state index contributed by atoms with van der Waals surface area (Å²) in [6, 6.07) is 7.39. The van der Waals surface area contributed by atoms with Gasteiger partial charge in [0.2, 0.25) is 0 Å². The van der Waals surface area contributed by atoms with Crippen LogP contribution in [0.4, 0.5) is 4.39 Å². The molecule has 0 amide bonds. The summed E-state index contributed by atoms with van der Waals surface area (Å²) >= 11 is 8.65. The summed E-state index contributed by atoms with van der Waals surface area (Å²) in [5.74, 6) is -0.165. The molecule has 18 heavy (non-hydrogen) atoms. The van der Waals surface area contributed by atoms with E-state index in [1.165, 1.54) is 10.9 Å². The van der Waals surface area contributed by atoms with Gasteiger partial charge in [-0.3, -0.25) is 0 Å². The van der Waals surface area contributed by atoms with E-state index in [-0.39, 0.29) is 11.9 Å². The van der Waals surface area contributed by atoms with Gasteiger partial charge in [0.25, 0.3) is 0 Å². The Morgan fingerprint density at radius 1 is 1.28 bits per heavy atom. The van der Waals surface area contributed by atoms with Crippen LogP contribution in [0.1, 0.15) is 22.0 Å². The molecular weight excluding hydrogens is 381 g/mol. The quantitative estimate of drug-likeness (QED) is 0.772. The Bertz CT molecular complexity index is 549. The maximum Gasteiger partial charge on any atom is 0.126 e. The topological polar surface area (TPSA) is 12.0 Å². The zero-order valence-electron chi connectivity index (χ0n) is 9.93. The lowest BCUT2D eigenvalue weighted by atomic mass is 10.0. The van der Waals surface area contributed by atoms with E-state index < -0.39 is 0 Å². The molecule has 0 fully saturated rings. The van der Waals surface area contributed by atoms with Crippen molar-refractivity contribution in [2.24, 2.45) is 0 Å². The fourth-order valence-corrected chi connectivity index (χ4v) is 4.05. The molecule has 0 aliphatic heterocycles. The van der Waals surface area contributed by atoms with Gasteiger partial charge in [-0.1, -0.05) is 12.1 Å². The van der Waals surface area contributed by atoms with Crippen LogP contribution in [0.15, 0.2) is 32.5 Å². The van der Waals surface area contributed by atoms with Crippen LogP contribution in [0, 0.1) is 12.7 Å². The van der Waals surface area contributed by atoms with Gasteiger partial charge in [-0.2, -0.15) is 0 Å². The van der Waals surface area contributed by atoms with Crippen molar-refractivity contribution in [2.75, 3.05) is 7.05 Å². The third kappa shape index (κ3) is 2.85. The molecule has 1 aromatic heterocycles. The van der Waals surface area contributed by atoms with Crippen LogP contribution in [0.25, 0.3) is 0 Å². The molecule has 1 atom stereocenters. The molecule has 0 aliphatic rings. The molecule has 96 valence electrons. The minimum atomic E-state index is -0.165. The van der Waals surface area contributed by atoms with Gasteiger partial charge >= 0.3 is 0 Å². The highest BCUT2D eigenvalue weighted by Crippen LogP contribution is 2.37. The zero-order valence-corrected chi connectivity index (χ0v) is 13.9. The number of halogens is 3. The van der Waals surface area contributed by atoms with Crippen molar-refractivity contribution in [2.45, 2.75) is 13.0 Å². The second-order valence-electron chi connectivity index (χ2n) is 4.00. The first-order valence-electron chi connectivity index (χ1n) is 5.41. The second-order valence-corrected chi connectivity index (χ2v) is 7.26. The molecular formula is C13H12Br2FNS. The fourth-order valence-electron chi connectivity index (χ4n) is 1.83. The van der Waals surface area contributed by atoms with Crippen molar-refractivity contribution < 1.29 is 4.39 Å². The smallest absolute Gasteiger partial charge is 0.126 e. The van der Waals surface area contributed by atoms with Crippen molar-refractivity contribution in [3.63, 3.8) is 0 Å². The van der Waals surface area contributed by atoms with E-state index in [1.54, 1.807) is 18.3 Å². The van der Waals surface area contributed by atoms with E-state index in [1.807, 2.05) is 19.2 Å². The molecule has 0 aliphatic carbocycles. The number of nitrogens with one attached hydrogen (secondary N) is 1. The SMILES string of the molecule is CNC(c1ccc(F)c(C)c1)c1cc(Br)c(Br)s1. The number of aryl methyl sites for hydroxylation is 1. The van der Waals surface area contributed by atoms with Crippen LogP contribution >= 0.6 is 43.2 Å². The lowest BCUT2D eigenvalue weighted by Crippen LogP contribution is -2.16. The highest BCUT2D eigenvalue weighted by Gasteiger charge is 2.16. The van der Waals surface area contributed by atoms with Crippen molar-refractivity contribution in [1.82, 2.24) is 5.32 Å². The Hall–Kier alpha value is -0.230. The standard InChI is InChI=1S/C13H12Br2FNS/c1-7-5-8(3-4-10(7)16)12(17-2)11-6-9(14)13(15)18-11/h3-6,12,17H,1-2H3. The van der Waals surface area contributed by atoms with Gasteiger partial charge in [0, 0.05) is 9.35 Å². The van der Waals surface area contributed by atoms with E-state index in [4.69, 9.17) is 0 Å². The summed E-state index contributed by atoms with van der Waals surface area (Å²) in [5, 5.41) is 3.27. The van der Waals surface area contributed by atoms with E-state index >= 15 is 0 Å². The third-order valence-corrected chi connectivity index (χ3v) is 6.07.